The summed E-state index contributed by atoms with van der Waals surface area (Å²) < 4.78 is 16.5. The molecule has 1 amide bonds. The summed E-state index contributed by atoms with van der Waals surface area (Å²) in [6.07, 6.45) is 1.55. The van der Waals surface area contributed by atoms with Gasteiger partial charge in [0.1, 0.15) is 5.76 Å². The lowest BCUT2D eigenvalue weighted by Gasteiger charge is -2.28. The lowest BCUT2D eigenvalue weighted by atomic mass is 9.95. The molecule has 2 saturated heterocycles. The summed E-state index contributed by atoms with van der Waals surface area (Å²) in [6.45, 7) is 0.876. The molecule has 2 aliphatic rings. The number of ketones is 1. The van der Waals surface area contributed by atoms with Crippen molar-refractivity contribution in [3.63, 3.8) is 0 Å². The molecular formula is C24H24ClNO6. The van der Waals surface area contributed by atoms with Crippen LogP contribution in [0.4, 0.5) is 0 Å². The van der Waals surface area contributed by atoms with Gasteiger partial charge in [0.05, 0.1) is 31.9 Å². The van der Waals surface area contributed by atoms with Gasteiger partial charge in [-0.2, -0.15) is 0 Å². The number of likely N-dealkylation sites (tertiary alicyclic amines) is 1. The third-order valence-corrected chi connectivity index (χ3v) is 6.06. The monoisotopic (exact) mass is 457 g/mol. The van der Waals surface area contributed by atoms with Crippen LogP contribution in [-0.2, 0) is 14.3 Å². The van der Waals surface area contributed by atoms with Crippen molar-refractivity contribution in [3.8, 4) is 11.5 Å². The zero-order chi connectivity index (χ0) is 22.8. The lowest BCUT2D eigenvalue weighted by Crippen LogP contribution is -2.36. The van der Waals surface area contributed by atoms with Crippen LogP contribution in [0.15, 0.2) is 48.0 Å². The van der Waals surface area contributed by atoms with E-state index >= 15 is 0 Å². The molecular weight excluding hydrogens is 434 g/mol. The Bertz CT molecular complexity index is 1060. The van der Waals surface area contributed by atoms with Crippen molar-refractivity contribution in [2.45, 2.75) is 25.0 Å². The molecule has 168 valence electrons. The standard InChI is InChI=1S/C24H24ClNO6/c1-30-18-10-7-15(12-19(18)31-2)21-20(22(27)14-5-8-16(25)9-6-14)23(28)24(29)26(21)13-17-4-3-11-32-17/h5-10,12,17,21,27H,3-4,11,13H2,1-2H3/b22-20+. The van der Waals surface area contributed by atoms with Crippen molar-refractivity contribution in [1.29, 1.82) is 0 Å². The van der Waals surface area contributed by atoms with E-state index in [1.807, 2.05) is 0 Å². The minimum absolute atomic E-state index is 0.0162. The number of halogens is 1. The molecule has 32 heavy (non-hydrogen) atoms. The summed E-state index contributed by atoms with van der Waals surface area (Å²) >= 11 is 5.97. The van der Waals surface area contributed by atoms with E-state index in [1.165, 1.54) is 19.1 Å². The minimum atomic E-state index is -0.797. The average Bonchev–Trinajstić information content (AvgIpc) is 3.41. The first-order chi connectivity index (χ1) is 15.4. The van der Waals surface area contributed by atoms with E-state index in [0.29, 0.717) is 34.3 Å². The molecule has 2 heterocycles. The third kappa shape index (κ3) is 4.06. The molecule has 2 aliphatic heterocycles. The van der Waals surface area contributed by atoms with E-state index < -0.39 is 17.7 Å². The largest absolute Gasteiger partial charge is 0.507 e. The van der Waals surface area contributed by atoms with E-state index in [1.54, 1.807) is 42.5 Å². The number of ether oxygens (including phenoxy) is 3. The normalized spacial score (nSPS) is 22.4. The van der Waals surface area contributed by atoms with Crippen LogP contribution in [0.25, 0.3) is 5.76 Å². The Morgan fingerprint density at radius 1 is 1.12 bits per heavy atom. The van der Waals surface area contributed by atoms with E-state index in [2.05, 4.69) is 0 Å². The summed E-state index contributed by atoms with van der Waals surface area (Å²) in [5.74, 6) is -0.690. The molecule has 0 radical (unpaired) electrons. The lowest BCUT2D eigenvalue weighted by molar-refractivity contribution is -0.140. The van der Waals surface area contributed by atoms with Gasteiger partial charge in [-0.3, -0.25) is 9.59 Å². The number of aliphatic hydroxyl groups excluding tert-OH is 1. The number of amides is 1. The van der Waals surface area contributed by atoms with Crippen molar-refractivity contribution in [1.82, 2.24) is 4.90 Å². The molecule has 0 aliphatic carbocycles. The maximum absolute atomic E-state index is 13.1. The fourth-order valence-corrected chi connectivity index (χ4v) is 4.33. The van der Waals surface area contributed by atoms with Gasteiger partial charge in [0.2, 0.25) is 0 Å². The SMILES string of the molecule is COc1ccc(C2/C(=C(\O)c3ccc(Cl)cc3)C(=O)C(=O)N2CC2CCCO2)cc1OC. The van der Waals surface area contributed by atoms with Crippen LogP contribution in [0.5, 0.6) is 11.5 Å². The first-order valence-corrected chi connectivity index (χ1v) is 10.7. The summed E-state index contributed by atoms with van der Waals surface area (Å²) in [5.41, 5.74) is 1.04. The van der Waals surface area contributed by atoms with Crippen molar-refractivity contribution in [3.05, 3.63) is 64.2 Å². The van der Waals surface area contributed by atoms with Gasteiger partial charge in [0.25, 0.3) is 11.7 Å². The molecule has 0 aromatic heterocycles. The van der Waals surface area contributed by atoms with Gasteiger partial charge in [-0.05, 0) is 54.8 Å². The number of benzene rings is 2. The van der Waals surface area contributed by atoms with Crippen LogP contribution in [0.2, 0.25) is 5.02 Å². The van der Waals surface area contributed by atoms with E-state index in [-0.39, 0.29) is 24.0 Å². The maximum atomic E-state index is 13.1. The van der Waals surface area contributed by atoms with Gasteiger partial charge in [-0.1, -0.05) is 17.7 Å². The first-order valence-electron chi connectivity index (χ1n) is 10.3. The Morgan fingerprint density at radius 2 is 1.84 bits per heavy atom. The Hall–Kier alpha value is -3.03. The number of hydrogen-bond acceptors (Lipinski definition) is 6. The molecule has 2 aromatic carbocycles. The average molecular weight is 458 g/mol. The van der Waals surface area contributed by atoms with Crippen LogP contribution in [-0.4, -0.2) is 55.2 Å². The van der Waals surface area contributed by atoms with Crippen molar-refractivity contribution < 1.29 is 28.9 Å². The molecule has 8 heteroatoms. The second-order valence-corrected chi connectivity index (χ2v) is 8.14. The molecule has 4 rings (SSSR count). The molecule has 0 spiro atoms. The van der Waals surface area contributed by atoms with Gasteiger partial charge in [0.15, 0.2) is 11.5 Å². The highest BCUT2D eigenvalue weighted by Crippen LogP contribution is 2.42. The van der Waals surface area contributed by atoms with Crippen LogP contribution in [0.1, 0.15) is 30.0 Å². The predicted octanol–water partition coefficient (Wildman–Crippen LogP) is 3.96. The van der Waals surface area contributed by atoms with Gasteiger partial charge in [0, 0.05) is 23.7 Å². The highest BCUT2D eigenvalue weighted by molar-refractivity contribution is 6.46. The molecule has 2 unspecified atom stereocenters. The van der Waals surface area contributed by atoms with Crippen LogP contribution >= 0.6 is 11.6 Å². The van der Waals surface area contributed by atoms with Gasteiger partial charge >= 0.3 is 0 Å². The predicted molar refractivity (Wildman–Crippen MR) is 119 cm³/mol. The van der Waals surface area contributed by atoms with E-state index in [9.17, 15) is 14.7 Å². The highest BCUT2D eigenvalue weighted by Gasteiger charge is 2.47. The fourth-order valence-electron chi connectivity index (χ4n) is 4.21. The first kappa shape index (κ1) is 22.2. The Labute approximate surface area is 191 Å². The van der Waals surface area contributed by atoms with Crippen LogP contribution in [0.3, 0.4) is 0 Å². The van der Waals surface area contributed by atoms with Crippen molar-refractivity contribution in [2.75, 3.05) is 27.4 Å². The van der Waals surface area contributed by atoms with Crippen LogP contribution < -0.4 is 9.47 Å². The molecule has 2 fully saturated rings. The molecule has 2 atom stereocenters. The van der Waals surface area contributed by atoms with Crippen molar-refractivity contribution >= 4 is 29.1 Å². The summed E-state index contributed by atoms with van der Waals surface area (Å²) in [5, 5.41) is 11.6. The number of Topliss-reactive ketones (excluding diaryl/α,β-unsaturated/α-hetero) is 1. The number of hydrogen-bond donors (Lipinski definition) is 1. The summed E-state index contributed by atoms with van der Waals surface area (Å²) in [6, 6.07) is 10.8. The maximum Gasteiger partial charge on any atom is 0.295 e. The Balaban J connectivity index is 1.85. The summed E-state index contributed by atoms with van der Waals surface area (Å²) in [4.78, 5) is 27.6. The number of carbonyl (C=O) groups is 2. The number of nitrogens with zero attached hydrogens (tertiary/aromatic N) is 1. The molecule has 1 N–H and O–H groups in total. The van der Waals surface area contributed by atoms with E-state index in [4.69, 9.17) is 25.8 Å². The zero-order valence-corrected chi connectivity index (χ0v) is 18.6. The number of rotatable bonds is 6. The minimum Gasteiger partial charge on any atom is -0.507 e. The van der Waals surface area contributed by atoms with Gasteiger partial charge in [-0.25, -0.2) is 0 Å². The topological polar surface area (TPSA) is 85.3 Å². The Kier molecular flexibility index (Phi) is 6.39. The van der Waals surface area contributed by atoms with Gasteiger partial charge < -0.3 is 24.2 Å². The zero-order valence-electron chi connectivity index (χ0n) is 17.8. The van der Waals surface area contributed by atoms with Crippen LogP contribution in [0, 0.1) is 0 Å². The molecule has 2 aromatic rings. The number of methoxy groups -OCH3 is 2. The second kappa shape index (κ2) is 9.22. The third-order valence-electron chi connectivity index (χ3n) is 5.81. The second-order valence-electron chi connectivity index (χ2n) is 7.71. The number of carbonyl (C=O) groups excluding carboxylic acids is 2. The van der Waals surface area contributed by atoms with Crippen molar-refractivity contribution in [2.24, 2.45) is 0 Å². The molecule has 0 saturated carbocycles. The quantitative estimate of drug-likeness (QED) is 0.401. The molecule has 7 nitrogen and oxygen atoms in total. The van der Waals surface area contributed by atoms with Gasteiger partial charge in [-0.15, -0.1) is 0 Å². The summed E-state index contributed by atoms with van der Waals surface area (Å²) in [7, 11) is 3.04. The number of aliphatic hydroxyl groups is 1. The smallest absolute Gasteiger partial charge is 0.295 e. The highest BCUT2D eigenvalue weighted by atomic mass is 35.5. The fraction of sp³-hybridized carbons (Fsp3) is 0.333. The Morgan fingerprint density at radius 3 is 2.47 bits per heavy atom. The van der Waals surface area contributed by atoms with E-state index in [0.717, 1.165) is 12.8 Å². The molecule has 0 bridgehead atoms.